The molecule has 3 fully saturated rings. The van der Waals surface area contributed by atoms with Gasteiger partial charge < -0.3 is 19.9 Å². The van der Waals surface area contributed by atoms with Crippen molar-refractivity contribution in [3.63, 3.8) is 0 Å². The van der Waals surface area contributed by atoms with E-state index in [0.717, 1.165) is 51.3 Å². The molecule has 3 heterocycles. The Morgan fingerprint density at radius 2 is 2.00 bits per heavy atom. The maximum absolute atomic E-state index is 5.56. The highest BCUT2D eigenvalue weighted by molar-refractivity contribution is 14.0. The van der Waals surface area contributed by atoms with Gasteiger partial charge in [-0.15, -0.1) is 24.0 Å². The van der Waals surface area contributed by atoms with E-state index < -0.39 is 0 Å². The van der Waals surface area contributed by atoms with E-state index in [0.29, 0.717) is 12.1 Å². The fourth-order valence-electron chi connectivity index (χ4n) is 4.59. The van der Waals surface area contributed by atoms with Crippen molar-refractivity contribution in [3.8, 4) is 0 Å². The first-order chi connectivity index (χ1) is 12.2. The van der Waals surface area contributed by atoms with Gasteiger partial charge in [-0.2, -0.15) is 0 Å². The lowest BCUT2D eigenvalue weighted by Gasteiger charge is -2.38. The van der Waals surface area contributed by atoms with Crippen LogP contribution in [0.1, 0.15) is 33.1 Å². The molecule has 0 aromatic rings. The highest BCUT2D eigenvalue weighted by Gasteiger charge is 2.28. The number of aliphatic imine (C=N–C) groups is 1. The van der Waals surface area contributed by atoms with Gasteiger partial charge in [0.1, 0.15) is 0 Å². The first kappa shape index (κ1) is 22.2. The van der Waals surface area contributed by atoms with Crippen molar-refractivity contribution in [1.29, 1.82) is 0 Å². The minimum Gasteiger partial charge on any atom is -0.379 e. The normalized spacial score (nSPS) is 29.7. The lowest BCUT2D eigenvalue weighted by atomic mass is 10.1. The fraction of sp³-hybridized carbons (Fsp3) is 0.947. The summed E-state index contributed by atoms with van der Waals surface area (Å²) in [6.45, 7) is 14.4. The molecule has 0 aromatic carbocycles. The quantitative estimate of drug-likeness (QED) is 0.370. The summed E-state index contributed by atoms with van der Waals surface area (Å²) in [5.74, 6) is 1.88. The Hall–Kier alpha value is -0.120. The SMILES string of the molecule is CN=C(NCC(C)N1CCOCC1C)N1CCC(CN2CCCC2)C1.I. The van der Waals surface area contributed by atoms with E-state index in [9.17, 15) is 0 Å². The number of rotatable bonds is 5. The summed E-state index contributed by atoms with van der Waals surface area (Å²) in [4.78, 5) is 12.2. The highest BCUT2D eigenvalue weighted by Crippen LogP contribution is 2.20. The first-order valence-corrected chi connectivity index (χ1v) is 10.2. The van der Waals surface area contributed by atoms with Crippen molar-refractivity contribution in [3.05, 3.63) is 0 Å². The average Bonchev–Trinajstić information content (AvgIpc) is 3.28. The van der Waals surface area contributed by atoms with Gasteiger partial charge in [-0.05, 0) is 52.1 Å². The van der Waals surface area contributed by atoms with Gasteiger partial charge in [0, 0.05) is 51.9 Å². The molecule has 152 valence electrons. The smallest absolute Gasteiger partial charge is 0.193 e. The number of ether oxygens (including phenoxy) is 1. The predicted octanol–water partition coefficient (Wildman–Crippen LogP) is 1.71. The number of morpholine rings is 1. The van der Waals surface area contributed by atoms with E-state index in [1.165, 1.54) is 38.9 Å². The Balaban J connectivity index is 0.00000243. The van der Waals surface area contributed by atoms with E-state index in [-0.39, 0.29) is 24.0 Å². The van der Waals surface area contributed by atoms with Crippen molar-refractivity contribution in [2.45, 2.75) is 45.2 Å². The number of guanidine groups is 1. The van der Waals surface area contributed by atoms with Crippen LogP contribution in [0.4, 0.5) is 0 Å². The second-order valence-corrected chi connectivity index (χ2v) is 8.05. The molecule has 3 rings (SSSR count). The maximum atomic E-state index is 5.56. The van der Waals surface area contributed by atoms with Crippen LogP contribution in [0.3, 0.4) is 0 Å². The molecule has 3 atom stereocenters. The lowest BCUT2D eigenvalue weighted by molar-refractivity contribution is -0.0175. The minimum atomic E-state index is 0. The van der Waals surface area contributed by atoms with E-state index in [4.69, 9.17) is 4.74 Å². The zero-order chi connectivity index (χ0) is 17.6. The number of halogens is 1. The van der Waals surface area contributed by atoms with Gasteiger partial charge in [0.05, 0.1) is 13.2 Å². The molecule has 0 aliphatic carbocycles. The largest absolute Gasteiger partial charge is 0.379 e. The zero-order valence-corrected chi connectivity index (χ0v) is 19.2. The minimum absolute atomic E-state index is 0. The zero-order valence-electron chi connectivity index (χ0n) is 16.8. The van der Waals surface area contributed by atoms with Crippen molar-refractivity contribution in [2.24, 2.45) is 10.9 Å². The monoisotopic (exact) mass is 479 g/mol. The van der Waals surface area contributed by atoms with Gasteiger partial charge in [0.2, 0.25) is 0 Å². The second kappa shape index (κ2) is 11.0. The topological polar surface area (TPSA) is 43.3 Å². The highest BCUT2D eigenvalue weighted by atomic mass is 127. The van der Waals surface area contributed by atoms with Crippen LogP contribution in [-0.4, -0.2) is 98.8 Å². The van der Waals surface area contributed by atoms with Crippen molar-refractivity contribution < 1.29 is 4.74 Å². The molecule has 26 heavy (non-hydrogen) atoms. The average molecular weight is 479 g/mol. The van der Waals surface area contributed by atoms with Crippen LogP contribution in [0.5, 0.6) is 0 Å². The van der Waals surface area contributed by atoms with Crippen molar-refractivity contribution in [2.75, 3.05) is 66.1 Å². The molecular weight excluding hydrogens is 441 g/mol. The van der Waals surface area contributed by atoms with Crippen LogP contribution < -0.4 is 5.32 Å². The Morgan fingerprint density at radius 1 is 1.23 bits per heavy atom. The Bertz CT molecular complexity index is 444. The third-order valence-corrected chi connectivity index (χ3v) is 6.05. The van der Waals surface area contributed by atoms with Crippen LogP contribution >= 0.6 is 24.0 Å². The second-order valence-electron chi connectivity index (χ2n) is 8.05. The Kier molecular flexibility index (Phi) is 9.40. The molecule has 0 aromatic heterocycles. The molecule has 3 aliphatic rings. The third-order valence-electron chi connectivity index (χ3n) is 6.05. The summed E-state index contributed by atoms with van der Waals surface area (Å²) in [6, 6.07) is 1.00. The molecule has 3 saturated heterocycles. The Morgan fingerprint density at radius 3 is 2.69 bits per heavy atom. The van der Waals surface area contributed by atoms with Crippen LogP contribution in [-0.2, 0) is 4.74 Å². The van der Waals surface area contributed by atoms with E-state index in [2.05, 4.69) is 38.9 Å². The molecule has 0 spiro atoms. The predicted molar refractivity (Wildman–Crippen MR) is 119 cm³/mol. The van der Waals surface area contributed by atoms with Gasteiger partial charge in [-0.25, -0.2) is 0 Å². The molecule has 3 unspecified atom stereocenters. The molecule has 0 saturated carbocycles. The molecule has 0 radical (unpaired) electrons. The van der Waals surface area contributed by atoms with Gasteiger partial charge >= 0.3 is 0 Å². The molecule has 6 nitrogen and oxygen atoms in total. The molecule has 7 heteroatoms. The Labute approximate surface area is 176 Å². The molecule has 0 amide bonds. The van der Waals surface area contributed by atoms with Gasteiger partial charge in [-0.1, -0.05) is 0 Å². The van der Waals surface area contributed by atoms with E-state index in [1.807, 2.05) is 7.05 Å². The summed E-state index contributed by atoms with van der Waals surface area (Å²) >= 11 is 0. The summed E-state index contributed by atoms with van der Waals surface area (Å²) in [5, 5.41) is 3.62. The van der Waals surface area contributed by atoms with Gasteiger partial charge in [0.25, 0.3) is 0 Å². The maximum Gasteiger partial charge on any atom is 0.193 e. The summed E-state index contributed by atoms with van der Waals surface area (Å²) in [6.07, 6.45) is 4.07. The van der Waals surface area contributed by atoms with E-state index >= 15 is 0 Å². The summed E-state index contributed by atoms with van der Waals surface area (Å²) < 4.78 is 5.56. The van der Waals surface area contributed by atoms with Crippen molar-refractivity contribution >= 4 is 29.9 Å². The van der Waals surface area contributed by atoms with Crippen LogP contribution in [0.25, 0.3) is 0 Å². The number of nitrogens with one attached hydrogen (secondary N) is 1. The van der Waals surface area contributed by atoms with Crippen LogP contribution in [0, 0.1) is 5.92 Å². The fourth-order valence-corrected chi connectivity index (χ4v) is 4.59. The standard InChI is InChI=1S/C19H37N5O.HI/c1-16(24-10-11-25-15-17(24)2)12-21-19(20-3)23-9-6-18(14-23)13-22-7-4-5-8-22;/h16-18H,4-15H2,1-3H3,(H,20,21);1H. The van der Waals surface area contributed by atoms with Gasteiger partial charge in [-0.3, -0.25) is 9.89 Å². The number of nitrogens with zero attached hydrogens (tertiary/aromatic N) is 4. The van der Waals surface area contributed by atoms with Crippen LogP contribution in [0.15, 0.2) is 4.99 Å². The molecular formula is C19H38IN5O. The molecule has 1 N–H and O–H groups in total. The van der Waals surface area contributed by atoms with E-state index in [1.54, 1.807) is 0 Å². The summed E-state index contributed by atoms with van der Waals surface area (Å²) in [7, 11) is 1.91. The molecule has 0 bridgehead atoms. The number of likely N-dealkylation sites (tertiary alicyclic amines) is 2. The first-order valence-electron chi connectivity index (χ1n) is 10.2. The third kappa shape index (κ3) is 5.94. The lowest BCUT2D eigenvalue weighted by Crippen LogP contribution is -2.53. The van der Waals surface area contributed by atoms with Crippen LogP contribution in [0.2, 0.25) is 0 Å². The molecule has 3 aliphatic heterocycles. The van der Waals surface area contributed by atoms with Crippen molar-refractivity contribution in [1.82, 2.24) is 20.0 Å². The van der Waals surface area contributed by atoms with Gasteiger partial charge in [0.15, 0.2) is 5.96 Å². The summed E-state index contributed by atoms with van der Waals surface area (Å²) in [5.41, 5.74) is 0. The number of hydrogen-bond donors (Lipinski definition) is 1. The number of hydrogen-bond acceptors (Lipinski definition) is 4.